The molecule has 0 fully saturated rings. The van der Waals surface area contributed by atoms with Crippen molar-refractivity contribution in [1.29, 1.82) is 0 Å². The maximum atomic E-state index is 10.8. The van der Waals surface area contributed by atoms with Gasteiger partial charge in [0.2, 0.25) is 10.2 Å². The Labute approximate surface area is 51.9 Å². The minimum Gasteiger partial charge on any atom is -0.171 e. The predicted octanol–water partition coefficient (Wildman–Crippen LogP) is 1.09. The summed E-state index contributed by atoms with van der Waals surface area (Å²) in [5, 5.41) is 0. The molecule has 0 saturated heterocycles. The average molecular weight is 137 g/mol. The zero-order chi connectivity index (χ0) is 6.78. The first-order valence-corrected chi connectivity index (χ1v) is 4.84. The van der Waals surface area contributed by atoms with E-state index in [0.717, 1.165) is 0 Å². The molecule has 8 heavy (non-hydrogen) atoms. The molecule has 0 radical (unpaired) electrons. The van der Waals surface area contributed by atoms with Gasteiger partial charge in [-0.05, 0) is 13.8 Å². The summed E-state index contributed by atoms with van der Waals surface area (Å²) in [4.78, 5) is 0. The Morgan fingerprint density at radius 3 is 1.75 bits per heavy atom. The van der Waals surface area contributed by atoms with Gasteiger partial charge in [0.05, 0.1) is 0 Å². The first-order chi connectivity index (χ1) is 3.42. The van der Waals surface area contributed by atoms with Crippen LogP contribution in [0.2, 0.25) is 0 Å². The van der Waals surface area contributed by atoms with Gasteiger partial charge in [-0.2, -0.15) is 4.18 Å². The highest BCUT2D eigenvalue weighted by molar-refractivity contribution is 7.97. The van der Waals surface area contributed by atoms with Gasteiger partial charge in [0.1, 0.15) is 18.6 Å². The molecule has 0 aromatic heterocycles. The molecule has 2 nitrogen and oxygen atoms in total. The topological polar surface area (TPSA) is 26.3 Å². The van der Waals surface area contributed by atoms with E-state index in [1.54, 1.807) is 12.5 Å². The van der Waals surface area contributed by atoms with E-state index in [1.165, 1.54) is 0 Å². The third-order valence-electron chi connectivity index (χ3n) is 0.424. The first-order valence-electron chi connectivity index (χ1n) is 2.54. The molecule has 0 unspecified atom stereocenters. The van der Waals surface area contributed by atoms with E-state index in [-0.39, 0.29) is 6.10 Å². The fourth-order valence-electron chi connectivity index (χ4n) is 0.463. The molecular formula is C5H13O2S+. The summed E-state index contributed by atoms with van der Waals surface area (Å²) in [5.41, 5.74) is 0. The summed E-state index contributed by atoms with van der Waals surface area (Å²) in [6.45, 7) is 3.74. The van der Waals surface area contributed by atoms with Crippen molar-refractivity contribution in [3.63, 3.8) is 0 Å². The monoisotopic (exact) mass is 137 g/mol. The van der Waals surface area contributed by atoms with Crippen molar-refractivity contribution in [2.24, 2.45) is 0 Å². The molecule has 0 saturated carbocycles. The largest absolute Gasteiger partial charge is 0.211 e. The Morgan fingerprint density at radius 1 is 1.38 bits per heavy atom. The smallest absolute Gasteiger partial charge is 0.171 e. The average Bonchev–Trinajstić information content (AvgIpc) is 1.21. The number of hydrogen-bond donors (Lipinski definition) is 0. The SMILES string of the molecule is CC(C)O[S+](C)(C)=O. The van der Waals surface area contributed by atoms with Crippen LogP contribution < -0.4 is 0 Å². The van der Waals surface area contributed by atoms with Gasteiger partial charge >= 0.3 is 0 Å². The maximum absolute atomic E-state index is 10.8. The van der Waals surface area contributed by atoms with Crippen molar-refractivity contribution < 1.29 is 8.39 Å². The lowest BCUT2D eigenvalue weighted by atomic mass is 10.5. The first kappa shape index (κ1) is 8.11. The van der Waals surface area contributed by atoms with Crippen LogP contribution >= 0.6 is 0 Å². The normalized spacial score (nSPS) is 12.6. The van der Waals surface area contributed by atoms with Crippen LogP contribution in [0.25, 0.3) is 0 Å². The lowest BCUT2D eigenvalue weighted by Crippen LogP contribution is -2.15. The van der Waals surface area contributed by atoms with Gasteiger partial charge in [-0.25, -0.2) is 0 Å². The van der Waals surface area contributed by atoms with E-state index in [4.69, 9.17) is 4.18 Å². The highest BCUT2D eigenvalue weighted by Crippen LogP contribution is 2.00. The summed E-state index contributed by atoms with van der Waals surface area (Å²) in [6, 6.07) is 0. The molecule has 0 rings (SSSR count). The van der Waals surface area contributed by atoms with Crippen LogP contribution in [0, 0.1) is 0 Å². The van der Waals surface area contributed by atoms with Crippen LogP contribution in [-0.2, 0) is 18.6 Å². The van der Waals surface area contributed by atoms with E-state index in [0.29, 0.717) is 0 Å². The van der Waals surface area contributed by atoms with Crippen molar-refractivity contribution in [1.82, 2.24) is 0 Å². The van der Waals surface area contributed by atoms with Gasteiger partial charge in [0.15, 0.2) is 0 Å². The van der Waals surface area contributed by atoms with Crippen molar-refractivity contribution in [3.05, 3.63) is 0 Å². The molecule has 0 aromatic rings. The lowest BCUT2D eigenvalue weighted by Gasteiger charge is -2.02. The molecular weight excluding hydrogens is 124 g/mol. The molecule has 0 spiro atoms. The molecule has 0 amide bonds. The zero-order valence-corrected chi connectivity index (χ0v) is 6.62. The van der Waals surface area contributed by atoms with Gasteiger partial charge in [-0.1, -0.05) is 4.21 Å². The quantitative estimate of drug-likeness (QED) is 0.532. The summed E-state index contributed by atoms with van der Waals surface area (Å²) < 4.78 is 15.7. The highest BCUT2D eigenvalue weighted by atomic mass is 32.3. The van der Waals surface area contributed by atoms with Gasteiger partial charge in [-0.3, -0.25) is 0 Å². The molecule has 50 valence electrons. The summed E-state index contributed by atoms with van der Waals surface area (Å²) in [6.07, 6.45) is 3.25. The maximum Gasteiger partial charge on any atom is 0.211 e. The zero-order valence-electron chi connectivity index (χ0n) is 5.80. The minimum atomic E-state index is -1.97. The van der Waals surface area contributed by atoms with Crippen LogP contribution in [0.15, 0.2) is 0 Å². The molecule has 0 aliphatic rings. The third kappa shape index (κ3) is 6.11. The molecule has 0 heterocycles. The summed E-state index contributed by atoms with van der Waals surface area (Å²) in [7, 11) is -1.97. The van der Waals surface area contributed by atoms with Crippen molar-refractivity contribution in [2.45, 2.75) is 20.0 Å². The minimum absolute atomic E-state index is 0.0671. The van der Waals surface area contributed by atoms with Crippen molar-refractivity contribution >= 4 is 10.2 Å². The molecule has 0 bridgehead atoms. The molecule has 3 heteroatoms. The van der Waals surface area contributed by atoms with E-state index in [2.05, 4.69) is 0 Å². The standard InChI is InChI=1S/C5H13O2S/c1-5(2)7-8(3,4)6/h5H,1-4H3/q+1. The van der Waals surface area contributed by atoms with Gasteiger partial charge in [0.25, 0.3) is 0 Å². The summed E-state index contributed by atoms with van der Waals surface area (Å²) >= 11 is 0. The Balaban J connectivity index is 3.56. The molecule has 0 N–H and O–H groups in total. The number of hydrogen-bond acceptors (Lipinski definition) is 2. The number of rotatable bonds is 2. The fraction of sp³-hybridized carbons (Fsp3) is 1.00. The Hall–Kier alpha value is 0.110. The summed E-state index contributed by atoms with van der Waals surface area (Å²) in [5.74, 6) is 0. The lowest BCUT2D eigenvalue weighted by molar-refractivity contribution is 0.260. The van der Waals surface area contributed by atoms with E-state index < -0.39 is 10.2 Å². The van der Waals surface area contributed by atoms with Crippen molar-refractivity contribution in [2.75, 3.05) is 12.5 Å². The van der Waals surface area contributed by atoms with E-state index in [9.17, 15) is 4.21 Å². The fourth-order valence-corrected chi connectivity index (χ4v) is 1.39. The molecule has 0 aliphatic heterocycles. The second-order valence-corrected chi connectivity index (χ2v) is 4.77. The van der Waals surface area contributed by atoms with Crippen LogP contribution in [-0.4, -0.2) is 18.6 Å². The highest BCUT2D eigenvalue weighted by Gasteiger charge is 2.14. The Morgan fingerprint density at radius 2 is 1.75 bits per heavy atom. The van der Waals surface area contributed by atoms with E-state index in [1.807, 2.05) is 13.8 Å². The molecule has 0 atom stereocenters. The van der Waals surface area contributed by atoms with Gasteiger partial charge in [0, 0.05) is 0 Å². The second-order valence-electron chi connectivity index (χ2n) is 2.29. The van der Waals surface area contributed by atoms with Crippen LogP contribution in [0.4, 0.5) is 0 Å². The molecule has 0 aromatic carbocycles. The Kier molecular flexibility index (Phi) is 2.63. The van der Waals surface area contributed by atoms with Gasteiger partial charge in [-0.15, -0.1) is 0 Å². The Bertz CT molecular complexity index is 103. The van der Waals surface area contributed by atoms with Crippen LogP contribution in [0.1, 0.15) is 13.8 Å². The van der Waals surface area contributed by atoms with Gasteiger partial charge < -0.3 is 0 Å². The molecule has 0 aliphatic carbocycles. The van der Waals surface area contributed by atoms with Crippen LogP contribution in [0.5, 0.6) is 0 Å². The predicted molar refractivity (Wildman–Crippen MR) is 36.1 cm³/mol. The third-order valence-corrected chi connectivity index (χ3v) is 1.27. The van der Waals surface area contributed by atoms with E-state index >= 15 is 0 Å². The van der Waals surface area contributed by atoms with Crippen molar-refractivity contribution in [3.8, 4) is 0 Å². The van der Waals surface area contributed by atoms with Crippen LogP contribution in [0.3, 0.4) is 0 Å². The second kappa shape index (κ2) is 2.60.